The summed E-state index contributed by atoms with van der Waals surface area (Å²) in [6.07, 6.45) is -4.40. The van der Waals surface area contributed by atoms with Gasteiger partial charge in [-0.1, -0.05) is 48.5 Å². The number of carbonyl (C=O) groups excluding carboxylic acids is 1. The highest BCUT2D eigenvalue weighted by Crippen LogP contribution is 2.37. The Bertz CT molecular complexity index is 1330. The molecule has 0 spiro atoms. The van der Waals surface area contributed by atoms with Gasteiger partial charge in [-0.05, 0) is 28.8 Å². The summed E-state index contributed by atoms with van der Waals surface area (Å²) in [4.78, 5) is 19.3. The van der Waals surface area contributed by atoms with E-state index in [2.05, 4.69) is 15.3 Å². The zero-order valence-electron chi connectivity index (χ0n) is 15.9. The number of alkyl halides is 3. The van der Waals surface area contributed by atoms with E-state index >= 15 is 0 Å². The minimum Gasteiger partial charge on any atom is -0.345 e. The number of hydrogen-bond donors (Lipinski definition) is 2. The molecule has 1 aliphatic rings. The van der Waals surface area contributed by atoms with E-state index in [9.17, 15) is 22.4 Å². The van der Waals surface area contributed by atoms with Crippen LogP contribution in [0.25, 0.3) is 22.4 Å². The molecule has 1 amide bonds. The summed E-state index contributed by atoms with van der Waals surface area (Å²) in [6.45, 7) is 0. The maximum atomic E-state index is 14.4. The summed E-state index contributed by atoms with van der Waals surface area (Å²) in [6, 6.07) is 15.5. The largest absolute Gasteiger partial charge is 0.416 e. The van der Waals surface area contributed by atoms with Crippen LogP contribution in [0.15, 0.2) is 60.7 Å². The molecule has 2 N–H and O–H groups in total. The van der Waals surface area contributed by atoms with Gasteiger partial charge in [0.2, 0.25) is 5.91 Å². The maximum absolute atomic E-state index is 14.4. The third kappa shape index (κ3) is 3.34. The molecule has 5 rings (SSSR count). The van der Waals surface area contributed by atoms with Crippen molar-refractivity contribution < 1.29 is 22.4 Å². The third-order valence-corrected chi connectivity index (χ3v) is 5.42. The first-order valence-electron chi connectivity index (χ1n) is 9.54. The predicted molar refractivity (Wildman–Crippen MR) is 107 cm³/mol. The second-order valence-electron chi connectivity index (χ2n) is 7.40. The minimum absolute atomic E-state index is 0.0507. The Balaban J connectivity index is 1.66. The topological polar surface area (TPSA) is 57.8 Å². The number of fused-ring (bicyclic) bond motifs is 2. The average Bonchev–Trinajstić information content (AvgIpc) is 3.17. The van der Waals surface area contributed by atoms with Crippen molar-refractivity contribution in [2.45, 2.75) is 18.6 Å². The Labute approximate surface area is 173 Å². The van der Waals surface area contributed by atoms with E-state index in [0.717, 1.165) is 17.2 Å². The van der Waals surface area contributed by atoms with Crippen molar-refractivity contribution in [1.82, 2.24) is 15.3 Å². The number of hydrogen-bond acceptors (Lipinski definition) is 2. The normalized spacial score (nSPS) is 16.3. The second-order valence-corrected chi connectivity index (χ2v) is 7.40. The number of carbonyl (C=O) groups is 1. The van der Waals surface area contributed by atoms with E-state index in [1.54, 1.807) is 18.2 Å². The van der Waals surface area contributed by atoms with Gasteiger partial charge in [-0.15, -0.1) is 0 Å². The van der Waals surface area contributed by atoms with Crippen molar-refractivity contribution >= 4 is 16.9 Å². The summed E-state index contributed by atoms with van der Waals surface area (Å²) in [5.41, 5.74) is 1.78. The van der Waals surface area contributed by atoms with Crippen molar-refractivity contribution in [2.24, 2.45) is 0 Å². The SMILES string of the molecule is O=C1Cc2ccccc2C(c2ccccc2-c2nc3c(F)cc(C(F)(F)F)cc3[nH]2)N1. The quantitative estimate of drug-likeness (QED) is 0.437. The summed E-state index contributed by atoms with van der Waals surface area (Å²) in [5, 5.41) is 2.97. The number of rotatable bonds is 2. The van der Waals surface area contributed by atoms with Crippen molar-refractivity contribution in [3.63, 3.8) is 0 Å². The molecule has 1 aliphatic heterocycles. The molecule has 4 nitrogen and oxygen atoms in total. The standard InChI is InChI=1S/C23H15F4N3O/c24-17-10-13(23(25,26)27)11-18-21(17)30-22(28-18)16-8-4-3-7-15(16)20-14-6-2-1-5-12(14)9-19(31)29-20/h1-8,10-11,20H,9H2,(H,28,30)(H,29,31). The molecule has 0 radical (unpaired) electrons. The Morgan fingerprint density at radius 1 is 0.968 bits per heavy atom. The monoisotopic (exact) mass is 425 g/mol. The van der Waals surface area contributed by atoms with Gasteiger partial charge in [0.1, 0.15) is 11.3 Å². The highest BCUT2D eigenvalue weighted by molar-refractivity contribution is 5.84. The van der Waals surface area contributed by atoms with E-state index in [0.29, 0.717) is 17.2 Å². The van der Waals surface area contributed by atoms with Gasteiger partial charge in [-0.2, -0.15) is 13.2 Å². The van der Waals surface area contributed by atoms with Gasteiger partial charge < -0.3 is 10.3 Å². The predicted octanol–water partition coefficient (Wildman–Crippen LogP) is 5.15. The van der Waals surface area contributed by atoms with Crippen LogP contribution in [0.2, 0.25) is 0 Å². The lowest BCUT2D eigenvalue weighted by atomic mass is 9.87. The van der Waals surface area contributed by atoms with Crippen molar-refractivity contribution in [3.05, 3.63) is 88.7 Å². The zero-order valence-corrected chi connectivity index (χ0v) is 15.9. The smallest absolute Gasteiger partial charge is 0.345 e. The molecule has 1 aromatic heterocycles. The Kier molecular flexibility index (Phi) is 4.32. The summed E-state index contributed by atoms with van der Waals surface area (Å²) < 4.78 is 53.6. The van der Waals surface area contributed by atoms with E-state index in [1.165, 1.54) is 0 Å². The molecule has 3 aromatic carbocycles. The molecular formula is C23H15F4N3O. The van der Waals surface area contributed by atoms with Gasteiger partial charge in [0.05, 0.1) is 23.5 Å². The highest BCUT2D eigenvalue weighted by atomic mass is 19.4. The lowest BCUT2D eigenvalue weighted by molar-refractivity contribution is -0.137. The summed E-state index contributed by atoms with van der Waals surface area (Å²) >= 11 is 0. The number of amides is 1. The fourth-order valence-corrected chi connectivity index (χ4v) is 4.02. The first-order valence-corrected chi connectivity index (χ1v) is 9.54. The zero-order chi connectivity index (χ0) is 21.8. The highest BCUT2D eigenvalue weighted by Gasteiger charge is 2.32. The molecule has 0 saturated carbocycles. The van der Waals surface area contributed by atoms with Crippen LogP contribution in [-0.4, -0.2) is 15.9 Å². The lowest BCUT2D eigenvalue weighted by Crippen LogP contribution is -2.36. The number of nitrogens with one attached hydrogen (secondary N) is 2. The Morgan fingerprint density at radius 2 is 1.68 bits per heavy atom. The maximum Gasteiger partial charge on any atom is 0.416 e. The summed E-state index contributed by atoms with van der Waals surface area (Å²) in [5.74, 6) is -0.966. The molecule has 4 aromatic rings. The van der Waals surface area contributed by atoms with E-state index < -0.39 is 23.6 Å². The van der Waals surface area contributed by atoms with E-state index in [-0.39, 0.29) is 29.2 Å². The van der Waals surface area contributed by atoms with Gasteiger partial charge in [0.25, 0.3) is 0 Å². The van der Waals surface area contributed by atoms with Crippen molar-refractivity contribution in [2.75, 3.05) is 0 Å². The molecule has 1 unspecified atom stereocenters. The molecule has 8 heteroatoms. The molecule has 1 atom stereocenters. The fraction of sp³-hybridized carbons (Fsp3) is 0.130. The lowest BCUT2D eigenvalue weighted by Gasteiger charge is -2.28. The van der Waals surface area contributed by atoms with Crippen LogP contribution < -0.4 is 5.32 Å². The minimum atomic E-state index is -4.67. The van der Waals surface area contributed by atoms with Crippen LogP contribution in [0, 0.1) is 5.82 Å². The molecule has 0 aliphatic carbocycles. The molecule has 31 heavy (non-hydrogen) atoms. The molecular weight excluding hydrogens is 410 g/mol. The van der Waals surface area contributed by atoms with Gasteiger partial charge in [-0.25, -0.2) is 9.37 Å². The van der Waals surface area contributed by atoms with Crippen LogP contribution in [-0.2, 0) is 17.4 Å². The van der Waals surface area contributed by atoms with Gasteiger partial charge in [0, 0.05) is 5.56 Å². The van der Waals surface area contributed by atoms with Gasteiger partial charge in [0.15, 0.2) is 5.82 Å². The van der Waals surface area contributed by atoms with Crippen molar-refractivity contribution in [1.29, 1.82) is 0 Å². The Hall–Kier alpha value is -3.68. The number of halogens is 4. The van der Waals surface area contributed by atoms with Crippen LogP contribution >= 0.6 is 0 Å². The van der Waals surface area contributed by atoms with Crippen LogP contribution in [0.5, 0.6) is 0 Å². The van der Waals surface area contributed by atoms with E-state index in [4.69, 9.17) is 0 Å². The van der Waals surface area contributed by atoms with Crippen LogP contribution in [0.3, 0.4) is 0 Å². The number of aromatic nitrogens is 2. The second kappa shape index (κ2) is 6.94. The van der Waals surface area contributed by atoms with Crippen LogP contribution in [0.1, 0.15) is 28.3 Å². The molecule has 2 heterocycles. The molecule has 0 fully saturated rings. The van der Waals surface area contributed by atoms with Gasteiger partial charge in [-0.3, -0.25) is 4.79 Å². The van der Waals surface area contributed by atoms with Crippen molar-refractivity contribution in [3.8, 4) is 11.4 Å². The number of benzene rings is 3. The Morgan fingerprint density at radius 3 is 2.45 bits per heavy atom. The first kappa shape index (κ1) is 19.3. The molecule has 156 valence electrons. The van der Waals surface area contributed by atoms with E-state index in [1.807, 2.05) is 30.3 Å². The number of imidazole rings is 1. The molecule has 0 bridgehead atoms. The first-order chi connectivity index (χ1) is 14.8. The third-order valence-electron chi connectivity index (χ3n) is 5.42. The fourth-order valence-electron chi connectivity index (χ4n) is 4.02. The average molecular weight is 425 g/mol. The number of H-pyrrole nitrogens is 1. The van der Waals surface area contributed by atoms with Crippen LogP contribution in [0.4, 0.5) is 17.6 Å². The molecule has 0 saturated heterocycles. The van der Waals surface area contributed by atoms with Gasteiger partial charge >= 0.3 is 6.18 Å². The number of nitrogens with zero attached hydrogens (tertiary/aromatic N) is 1. The number of aromatic amines is 1. The summed E-state index contributed by atoms with van der Waals surface area (Å²) in [7, 11) is 0.